The number of fused-ring (bicyclic) bond motifs is 1. The van der Waals surface area contributed by atoms with E-state index in [1.54, 1.807) is 11.0 Å². The van der Waals surface area contributed by atoms with E-state index in [0.717, 1.165) is 44.0 Å². The van der Waals surface area contributed by atoms with Crippen molar-refractivity contribution in [2.24, 2.45) is 0 Å². The Morgan fingerprint density at radius 2 is 2.03 bits per heavy atom. The predicted molar refractivity (Wildman–Crippen MR) is 123 cm³/mol. The molecule has 3 aromatic rings. The number of carbonyl (C=O) groups is 1. The van der Waals surface area contributed by atoms with E-state index in [0.29, 0.717) is 22.2 Å². The molecule has 1 amide bonds. The molecular formula is C21H24ClN5O4S. The number of hydrogen-bond donors (Lipinski definition) is 0. The summed E-state index contributed by atoms with van der Waals surface area (Å²) in [5.41, 5.74) is 0.850. The molecule has 4 rings (SSSR count). The van der Waals surface area contributed by atoms with Crippen molar-refractivity contribution in [3.8, 4) is 11.9 Å². The van der Waals surface area contributed by atoms with Gasteiger partial charge in [0.1, 0.15) is 11.2 Å². The van der Waals surface area contributed by atoms with Crippen molar-refractivity contribution < 1.29 is 19.0 Å². The molecule has 32 heavy (non-hydrogen) atoms. The predicted octanol–water partition coefficient (Wildman–Crippen LogP) is 3.13. The van der Waals surface area contributed by atoms with E-state index in [9.17, 15) is 4.79 Å². The highest BCUT2D eigenvalue weighted by molar-refractivity contribution is 7.22. The Bertz CT molecular complexity index is 1070. The number of methoxy groups -OCH3 is 2. The number of halogens is 1. The van der Waals surface area contributed by atoms with Crippen LogP contribution in [0.1, 0.15) is 16.9 Å². The molecule has 0 saturated carbocycles. The maximum Gasteiger partial charge on any atom is 0.320 e. The summed E-state index contributed by atoms with van der Waals surface area (Å²) in [6.45, 7) is 4.59. The third-order valence-corrected chi connectivity index (χ3v) is 6.44. The lowest BCUT2D eigenvalue weighted by Gasteiger charge is -2.27. The number of thiazole rings is 1. The zero-order valence-electron chi connectivity index (χ0n) is 17.9. The number of rotatable bonds is 8. The van der Waals surface area contributed by atoms with Crippen LogP contribution in [0.4, 0.5) is 5.13 Å². The number of ether oxygens (including phenoxy) is 3. The average Bonchev–Trinajstić information content (AvgIpc) is 3.27. The molecule has 1 aliphatic heterocycles. The SMILES string of the molecule is COc1cc(C(=O)N(CCCN2CCOCC2)c2nc3c(Cl)cccc3s2)nc(OC)n1. The van der Waals surface area contributed by atoms with Crippen LogP contribution in [-0.4, -0.2) is 79.4 Å². The van der Waals surface area contributed by atoms with Crippen LogP contribution in [0, 0.1) is 0 Å². The van der Waals surface area contributed by atoms with Gasteiger partial charge in [0.25, 0.3) is 5.91 Å². The van der Waals surface area contributed by atoms with Crippen molar-refractivity contribution in [2.45, 2.75) is 6.42 Å². The van der Waals surface area contributed by atoms with Crippen LogP contribution in [0.5, 0.6) is 11.9 Å². The normalized spacial score (nSPS) is 14.5. The van der Waals surface area contributed by atoms with Crippen LogP contribution < -0.4 is 14.4 Å². The van der Waals surface area contributed by atoms with Crippen molar-refractivity contribution in [2.75, 3.05) is 58.5 Å². The molecule has 170 valence electrons. The monoisotopic (exact) mass is 477 g/mol. The number of anilines is 1. The molecule has 2 aromatic heterocycles. The Balaban J connectivity index is 1.63. The third kappa shape index (κ3) is 5.09. The minimum Gasteiger partial charge on any atom is -0.481 e. The minimum atomic E-state index is -0.304. The third-order valence-electron chi connectivity index (χ3n) is 5.09. The molecule has 9 nitrogen and oxygen atoms in total. The van der Waals surface area contributed by atoms with Crippen LogP contribution in [0.15, 0.2) is 24.3 Å². The van der Waals surface area contributed by atoms with Gasteiger partial charge in [0.2, 0.25) is 5.88 Å². The summed E-state index contributed by atoms with van der Waals surface area (Å²) in [5, 5.41) is 1.12. The highest BCUT2D eigenvalue weighted by Crippen LogP contribution is 2.33. The number of nitrogens with zero attached hydrogens (tertiary/aromatic N) is 5. The summed E-state index contributed by atoms with van der Waals surface area (Å²) in [4.78, 5) is 30.5. The maximum atomic E-state index is 13.6. The number of aromatic nitrogens is 3. The van der Waals surface area contributed by atoms with Gasteiger partial charge in [-0.05, 0) is 18.6 Å². The van der Waals surface area contributed by atoms with Crippen LogP contribution in [0.2, 0.25) is 5.02 Å². The zero-order valence-corrected chi connectivity index (χ0v) is 19.5. The highest BCUT2D eigenvalue weighted by Gasteiger charge is 2.25. The second-order valence-electron chi connectivity index (χ2n) is 7.13. The first-order chi connectivity index (χ1) is 15.6. The van der Waals surface area contributed by atoms with E-state index < -0.39 is 0 Å². The minimum absolute atomic E-state index is 0.0633. The quantitative estimate of drug-likeness (QED) is 0.489. The number of para-hydroxylation sites is 1. The van der Waals surface area contributed by atoms with Gasteiger partial charge in [-0.1, -0.05) is 29.0 Å². The molecule has 0 unspecified atom stereocenters. The van der Waals surface area contributed by atoms with E-state index in [1.807, 2.05) is 12.1 Å². The van der Waals surface area contributed by atoms with Gasteiger partial charge >= 0.3 is 6.01 Å². The highest BCUT2D eigenvalue weighted by atomic mass is 35.5. The Hall–Kier alpha value is -2.53. The molecule has 11 heteroatoms. The molecule has 1 aromatic carbocycles. The Kier molecular flexibility index (Phi) is 7.36. The lowest BCUT2D eigenvalue weighted by Crippen LogP contribution is -2.39. The second kappa shape index (κ2) is 10.4. The molecule has 0 aliphatic carbocycles. The fourth-order valence-electron chi connectivity index (χ4n) is 3.43. The zero-order chi connectivity index (χ0) is 22.5. The van der Waals surface area contributed by atoms with Gasteiger partial charge in [0.05, 0.1) is 37.2 Å². The number of amides is 1. The summed E-state index contributed by atoms with van der Waals surface area (Å²) in [5.74, 6) is -0.0537. The van der Waals surface area contributed by atoms with Crippen molar-refractivity contribution in [3.63, 3.8) is 0 Å². The first-order valence-electron chi connectivity index (χ1n) is 10.2. The lowest BCUT2D eigenvalue weighted by atomic mass is 10.3. The molecule has 0 bridgehead atoms. The van der Waals surface area contributed by atoms with Gasteiger partial charge in [0.15, 0.2) is 5.13 Å². The van der Waals surface area contributed by atoms with Crippen molar-refractivity contribution in [1.29, 1.82) is 0 Å². The van der Waals surface area contributed by atoms with Crippen LogP contribution >= 0.6 is 22.9 Å². The van der Waals surface area contributed by atoms with E-state index in [1.165, 1.54) is 31.6 Å². The molecule has 0 atom stereocenters. The molecule has 0 spiro atoms. The van der Waals surface area contributed by atoms with Gasteiger partial charge < -0.3 is 14.2 Å². The summed E-state index contributed by atoms with van der Waals surface area (Å²) in [6, 6.07) is 7.17. The Labute approximate surface area is 194 Å². The summed E-state index contributed by atoms with van der Waals surface area (Å²) in [6.07, 6.45) is 0.773. The van der Waals surface area contributed by atoms with Gasteiger partial charge in [-0.25, -0.2) is 4.98 Å². The van der Waals surface area contributed by atoms with E-state index in [-0.39, 0.29) is 23.5 Å². The fourth-order valence-corrected chi connectivity index (χ4v) is 4.72. The molecule has 0 N–H and O–H groups in total. The van der Waals surface area contributed by atoms with E-state index in [2.05, 4.69) is 19.9 Å². The molecular weight excluding hydrogens is 454 g/mol. The van der Waals surface area contributed by atoms with Crippen LogP contribution in [0.3, 0.4) is 0 Å². The topological polar surface area (TPSA) is 89.9 Å². The largest absolute Gasteiger partial charge is 0.481 e. The van der Waals surface area contributed by atoms with Crippen LogP contribution in [0.25, 0.3) is 10.2 Å². The molecule has 0 radical (unpaired) electrons. The van der Waals surface area contributed by atoms with E-state index >= 15 is 0 Å². The van der Waals surface area contributed by atoms with Gasteiger partial charge in [-0.2, -0.15) is 9.97 Å². The van der Waals surface area contributed by atoms with Gasteiger partial charge in [-0.3, -0.25) is 14.6 Å². The maximum absolute atomic E-state index is 13.6. The smallest absolute Gasteiger partial charge is 0.320 e. The Morgan fingerprint density at radius 3 is 2.75 bits per heavy atom. The molecule has 1 saturated heterocycles. The first-order valence-corrected chi connectivity index (χ1v) is 11.4. The van der Waals surface area contributed by atoms with Crippen molar-refractivity contribution in [3.05, 3.63) is 35.0 Å². The van der Waals surface area contributed by atoms with Crippen molar-refractivity contribution >= 4 is 44.2 Å². The van der Waals surface area contributed by atoms with Crippen molar-refractivity contribution in [1.82, 2.24) is 19.9 Å². The fraction of sp³-hybridized carbons (Fsp3) is 0.429. The van der Waals surface area contributed by atoms with Crippen LogP contribution in [-0.2, 0) is 4.74 Å². The summed E-state index contributed by atoms with van der Waals surface area (Å²) >= 11 is 7.74. The first kappa shape index (κ1) is 22.7. The molecule has 1 fully saturated rings. The number of morpholine rings is 1. The molecule has 3 heterocycles. The standard InChI is InChI=1S/C21H24ClN5O4S/c1-29-17-13-15(23-20(24-17)30-2)19(28)27(8-4-7-26-9-11-31-12-10-26)21-25-18-14(22)5-3-6-16(18)32-21/h3,5-6,13H,4,7-12H2,1-2H3. The molecule has 1 aliphatic rings. The Morgan fingerprint density at radius 1 is 1.22 bits per heavy atom. The number of hydrogen-bond acceptors (Lipinski definition) is 9. The van der Waals surface area contributed by atoms with E-state index in [4.69, 9.17) is 25.8 Å². The van der Waals surface area contributed by atoms with Gasteiger partial charge in [0, 0.05) is 32.2 Å². The number of carbonyl (C=O) groups excluding carboxylic acids is 1. The van der Waals surface area contributed by atoms with Gasteiger partial charge in [-0.15, -0.1) is 0 Å². The second-order valence-corrected chi connectivity index (χ2v) is 8.55. The number of benzene rings is 1. The average molecular weight is 478 g/mol. The summed E-state index contributed by atoms with van der Waals surface area (Å²) < 4.78 is 16.7. The summed E-state index contributed by atoms with van der Waals surface area (Å²) in [7, 11) is 2.92. The lowest BCUT2D eigenvalue weighted by molar-refractivity contribution is 0.0376.